The van der Waals surface area contributed by atoms with Gasteiger partial charge in [-0.1, -0.05) is 11.8 Å². The van der Waals surface area contributed by atoms with Crippen LogP contribution in [0.25, 0.3) is 0 Å². The zero-order valence-electron chi connectivity index (χ0n) is 8.95. The van der Waals surface area contributed by atoms with Crippen LogP contribution in [0.2, 0.25) is 5.28 Å². The molecule has 3 nitrogen and oxygen atoms in total. The molecule has 0 atom stereocenters. The average Bonchev–Trinajstić information content (AvgIpc) is 2.28. The lowest BCUT2D eigenvalue weighted by atomic mass is 10.3. The molecule has 0 aliphatic rings. The number of benzene rings is 1. The van der Waals surface area contributed by atoms with Crippen molar-refractivity contribution < 1.29 is 4.39 Å². The smallest absolute Gasteiger partial charge is 0.223 e. The summed E-state index contributed by atoms with van der Waals surface area (Å²) >= 11 is 7.09. The van der Waals surface area contributed by atoms with Crippen LogP contribution in [0.1, 0.15) is 5.69 Å². The van der Waals surface area contributed by atoms with Crippen LogP contribution in [0.5, 0.6) is 0 Å². The van der Waals surface area contributed by atoms with E-state index >= 15 is 0 Å². The fourth-order valence-corrected chi connectivity index (χ4v) is 2.36. The van der Waals surface area contributed by atoms with Gasteiger partial charge < -0.3 is 5.73 Å². The standard InChI is InChI=1S/C11H9ClFN3S/c1-6-9(14)10(16-11(12)15-6)17-8-4-2-7(13)3-5-8/h2-5H,14H2,1H3. The molecular formula is C11H9ClFN3S. The third-order valence-corrected chi connectivity index (χ3v) is 3.28. The van der Waals surface area contributed by atoms with E-state index in [9.17, 15) is 4.39 Å². The highest BCUT2D eigenvalue weighted by Crippen LogP contribution is 2.32. The van der Waals surface area contributed by atoms with E-state index in [4.69, 9.17) is 17.3 Å². The van der Waals surface area contributed by atoms with Gasteiger partial charge in [0.15, 0.2) is 0 Å². The summed E-state index contributed by atoms with van der Waals surface area (Å²) in [5.74, 6) is -0.278. The zero-order valence-corrected chi connectivity index (χ0v) is 10.5. The Bertz CT molecular complexity index is 545. The topological polar surface area (TPSA) is 51.8 Å². The Morgan fingerprint density at radius 2 is 1.88 bits per heavy atom. The zero-order chi connectivity index (χ0) is 12.4. The molecule has 2 aromatic rings. The van der Waals surface area contributed by atoms with Gasteiger partial charge in [0.05, 0.1) is 11.4 Å². The molecule has 0 saturated carbocycles. The van der Waals surface area contributed by atoms with Crippen molar-refractivity contribution in [3.63, 3.8) is 0 Å². The Labute approximate surface area is 107 Å². The minimum absolute atomic E-state index is 0.154. The van der Waals surface area contributed by atoms with E-state index in [0.717, 1.165) is 4.90 Å². The number of aryl methyl sites for hydroxylation is 1. The summed E-state index contributed by atoms with van der Waals surface area (Å²) in [6.07, 6.45) is 0. The van der Waals surface area contributed by atoms with Crippen molar-refractivity contribution in [2.45, 2.75) is 16.8 Å². The van der Waals surface area contributed by atoms with E-state index in [1.807, 2.05) is 0 Å². The van der Waals surface area contributed by atoms with Crippen LogP contribution < -0.4 is 5.73 Å². The second-order valence-corrected chi connectivity index (χ2v) is 4.75. The first-order chi connectivity index (χ1) is 8.06. The molecule has 0 spiro atoms. The predicted octanol–water partition coefficient (Wildman–Crippen LogP) is 3.31. The molecule has 0 aliphatic heterocycles. The molecule has 0 saturated heterocycles. The molecule has 0 radical (unpaired) electrons. The van der Waals surface area contributed by atoms with Gasteiger partial charge in [-0.25, -0.2) is 14.4 Å². The van der Waals surface area contributed by atoms with Crippen molar-refractivity contribution in [1.29, 1.82) is 0 Å². The van der Waals surface area contributed by atoms with Crippen molar-refractivity contribution in [2.75, 3.05) is 5.73 Å². The highest BCUT2D eigenvalue weighted by atomic mass is 35.5. The fourth-order valence-electron chi connectivity index (χ4n) is 1.21. The van der Waals surface area contributed by atoms with Crippen molar-refractivity contribution >= 4 is 29.1 Å². The van der Waals surface area contributed by atoms with Gasteiger partial charge in [0.1, 0.15) is 10.8 Å². The third kappa shape index (κ3) is 2.87. The van der Waals surface area contributed by atoms with E-state index in [1.165, 1.54) is 23.9 Å². The molecule has 88 valence electrons. The summed E-state index contributed by atoms with van der Waals surface area (Å²) in [5.41, 5.74) is 6.97. The van der Waals surface area contributed by atoms with Crippen LogP contribution in [0.3, 0.4) is 0 Å². The quantitative estimate of drug-likeness (QED) is 0.671. The third-order valence-electron chi connectivity index (χ3n) is 2.10. The minimum Gasteiger partial charge on any atom is -0.395 e. The van der Waals surface area contributed by atoms with Crippen molar-refractivity contribution in [2.24, 2.45) is 0 Å². The number of halogens is 2. The number of nitrogen functional groups attached to an aromatic ring is 1. The second kappa shape index (κ2) is 4.89. The molecule has 1 aromatic carbocycles. The second-order valence-electron chi connectivity index (χ2n) is 3.35. The molecule has 1 aromatic heterocycles. The van der Waals surface area contributed by atoms with Crippen LogP contribution in [0, 0.1) is 12.7 Å². The first-order valence-electron chi connectivity index (χ1n) is 4.79. The lowest BCUT2D eigenvalue weighted by molar-refractivity contribution is 0.626. The van der Waals surface area contributed by atoms with E-state index < -0.39 is 0 Å². The number of nitrogens with two attached hydrogens (primary N) is 1. The normalized spacial score (nSPS) is 10.5. The maximum Gasteiger partial charge on any atom is 0.223 e. The number of hydrogen-bond acceptors (Lipinski definition) is 4. The van der Waals surface area contributed by atoms with Gasteiger partial charge in [0.2, 0.25) is 5.28 Å². The molecule has 2 N–H and O–H groups in total. The van der Waals surface area contributed by atoms with Crippen LogP contribution >= 0.6 is 23.4 Å². The van der Waals surface area contributed by atoms with Crippen molar-refractivity contribution in [3.05, 3.63) is 41.1 Å². The summed E-state index contributed by atoms with van der Waals surface area (Å²) in [5, 5.41) is 0.732. The summed E-state index contributed by atoms with van der Waals surface area (Å²) in [6, 6.07) is 6.08. The molecule has 0 bridgehead atoms. The molecule has 0 fully saturated rings. The van der Waals surface area contributed by atoms with Crippen LogP contribution in [0.4, 0.5) is 10.1 Å². The van der Waals surface area contributed by atoms with Gasteiger partial charge >= 0.3 is 0 Å². The summed E-state index contributed by atoms with van der Waals surface area (Å²) in [6.45, 7) is 1.76. The molecule has 1 heterocycles. The summed E-state index contributed by atoms with van der Waals surface area (Å²) in [4.78, 5) is 8.84. The van der Waals surface area contributed by atoms with E-state index in [2.05, 4.69) is 9.97 Å². The van der Waals surface area contributed by atoms with Gasteiger partial charge in [-0.3, -0.25) is 0 Å². The van der Waals surface area contributed by atoms with E-state index in [1.54, 1.807) is 19.1 Å². The van der Waals surface area contributed by atoms with Gasteiger partial charge in [-0.05, 0) is 42.8 Å². The summed E-state index contributed by atoms with van der Waals surface area (Å²) in [7, 11) is 0. The van der Waals surface area contributed by atoms with Crippen molar-refractivity contribution in [3.8, 4) is 0 Å². The van der Waals surface area contributed by atoms with Gasteiger partial charge in [0, 0.05) is 4.90 Å². The molecule has 2 rings (SSSR count). The predicted molar refractivity (Wildman–Crippen MR) is 66.7 cm³/mol. The monoisotopic (exact) mass is 269 g/mol. The molecule has 0 amide bonds. The molecule has 0 aliphatic carbocycles. The Kier molecular flexibility index (Phi) is 3.49. The molecule has 0 unspecified atom stereocenters. The Balaban J connectivity index is 2.32. The van der Waals surface area contributed by atoms with Gasteiger partial charge in [-0.15, -0.1) is 0 Å². The van der Waals surface area contributed by atoms with Crippen molar-refractivity contribution in [1.82, 2.24) is 9.97 Å². The maximum atomic E-state index is 12.8. The fraction of sp³-hybridized carbons (Fsp3) is 0.0909. The number of aromatic nitrogens is 2. The van der Waals surface area contributed by atoms with E-state index in [-0.39, 0.29) is 11.1 Å². The first-order valence-corrected chi connectivity index (χ1v) is 5.99. The average molecular weight is 270 g/mol. The Morgan fingerprint density at radius 3 is 2.53 bits per heavy atom. The van der Waals surface area contributed by atoms with E-state index in [0.29, 0.717) is 16.4 Å². The van der Waals surface area contributed by atoms with Gasteiger partial charge in [0.25, 0.3) is 0 Å². The molecule has 17 heavy (non-hydrogen) atoms. The Morgan fingerprint density at radius 1 is 1.24 bits per heavy atom. The Hall–Kier alpha value is -1.33. The largest absolute Gasteiger partial charge is 0.395 e. The number of nitrogens with zero attached hydrogens (tertiary/aromatic N) is 2. The first kappa shape index (κ1) is 12.1. The molecule has 6 heteroatoms. The van der Waals surface area contributed by atoms with Crippen LogP contribution in [-0.2, 0) is 0 Å². The number of anilines is 1. The SMILES string of the molecule is Cc1nc(Cl)nc(Sc2ccc(F)cc2)c1N. The number of rotatable bonds is 2. The highest BCUT2D eigenvalue weighted by molar-refractivity contribution is 7.99. The van der Waals surface area contributed by atoms with Gasteiger partial charge in [-0.2, -0.15) is 0 Å². The lowest BCUT2D eigenvalue weighted by Gasteiger charge is -2.06. The van der Waals surface area contributed by atoms with Crippen LogP contribution in [-0.4, -0.2) is 9.97 Å². The highest BCUT2D eigenvalue weighted by Gasteiger charge is 2.09. The molecular weight excluding hydrogens is 261 g/mol. The minimum atomic E-state index is -0.278. The summed E-state index contributed by atoms with van der Waals surface area (Å²) < 4.78 is 12.8. The number of hydrogen-bond donors (Lipinski definition) is 1. The van der Waals surface area contributed by atoms with Crippen LogP contribution in [0.15, 0.2) is 34.2 Å². The maximum absolute atomic E-state index is 12.8. The lowest BCUT2D eigenvalue weighted by Crippen LogP contribution is -1.99.